The van der Waals surface area contributed by atoms with E-state index in [1.165, 1.54) is 16.9 Å². The monoisotopic (exact) mass is 307 g/mol. The van der Waals surface area contributed by atoms with Gasteiger partial charge >= 0.3 is 0 Å². The molecule has 6 heteroatoms. The Morgan fingerprint density at radius 1 is 1.25 bits per heavy atom. The lowest BCUT2D eigenvalue weighted by Gasteiger charge is -2.03. The summed E-state index contributed by atoms with van der Waals surface area (Å²) in [4.78, 5) is 12.1. The summed E-state index contributed by atoms with van der Waals surface area (Å²) >= 11 is 3.02. The molecule has 0 radical (unpaired) electrons. The summed E-state index contributed by atoms with van der Waals surface area (Å²) in [5.74, 6) is 0.804. The summed E-state index contributed by atoms with van der Waals surface area (Å²) in [6, 6.07) is 7.69. The molecule has 0 atom stereocenters. The first-order valence-corrected chi connectivity index (χ1v) is 8.39. The molecular formula is C14H17N3OS2. The van der Waals surface area contributed by atoms with Crippen LogP contribution in [0.25, 0.3) is 0 Å². The van der Waals surface area contributed by atoms with Crippen LogP contribution in [0.15, 0.2) is 28.6 Å². The highest BCUT2D eigenvalue weighted by molar-refractivity contribution is 8.01. The van der Waals surface area contributed by atoms with Crippen molar-refractivity contribution in [3.05, 3.63) is 35.4 Å². The number of benzene rings is 1. The van der Waals surface area contributed by atoms with Crippen LogP contribution in [0.5, 0.6) is 0 Å². The van der Waals surface area contributed by atoms with Crippen molar-refractivity contribution in [1.29, 1.82) is 0 Å². The maximum absolute atomic E-state index is 12.1. The van der Waals surface area contributed by atoms with Gasteiger partial charge in [-0.25, -0.2) is 0 Å². The van der Waals surface area contributed by atoms with Gasteiger partial charge in [-0.15, -0.1) is 10.2 Å². The Morgan fingerprint density at radius 3 is 2.65 bits per heavy atom. The predicted molar refractivity (Wildman–Crippen MR) is 84.7 cm³/mol. The van der Waals surface area contributed by atoms with Gasteiger partial charge in [0.2, 0.25) is 5.13 Å². The molecule has 0 bridgehead atoms. The van der Waals surface area contributed by atoms with Gasteiger partial charge in [0.25, 0.3) is 5.91 Å². The van der Waals surface area contributed by atoms with Gasteiger partial charge in [0.15, 0.2) is 4.34 Å². The minimum absolute atomic E-state index is 0.141. The molecule has 2 aromatic rings. The summed E-state index contributed by atoms with van der Waals surface area (Å²) in [6.07, 6.45) is 2.14. The lowest BCUT2D eigenvalue weighted by molar-refractivity contribution is 0.102. The molecule has 1 aromatic carbocycles. The van der Waals surface area contributed by atoms with Crippen LogP contribution in [0.1, 0.15) is 36.2 Å². The molecule has 1 amide bonds. The molecule has 106 valence electrons. The smallest absolute Gasteiger partial charge is 0.257 e. The highest BCUT2D eigenvalue weighted by Crippen LogP contribution is 2.25. The molecule has 0 saturated carbocycles. The van der Waals surface area contributed by atoms with Crippen LogP contribution in [-0.4, -0.2) is 21.9 Å². The van der Waals surface area contributed by atoms with Gasteiger partial charge in [0.05, 0.1) is 0 Å². The second-order valence-corrected chi connectivity index (χ2v) is 6.70. The quantitative estimate of drug-likeness (QED) is 0.650. The van der Waals surface area contributed by atoms with E-state index in [4.69, 9.17) is 0 Å². The number of amides is 1. The number of nitrogens with zero attached hydrogens (tertiary/aromatic N) is 2. The normalized spacial score (nSPS) is 10.5. The Labute approximate surface area is 127 Å². The van der Waals surface area contributed by atoms with Crippen LogP contribution in [-0.2, 0) is 6.42 Å². The average Bonchev–Trinajstić information content (AvgIpc) is 2.88. The summed E-state index contributed by atoms with van der Waals surface area (Å²) in [5.41, 5.74) is 1.89. The topological polar surface area (TPSA) is 54.9 Å². The van der Waals surface area contributed by atoms with Crippen molar-refractivity contribution in [1.82, 2.24) is 10.2 Å². The van der Waals surface area contributed by atoms with Crippen molar-refractivity contribution in [2.75, 3.05) is 11.1 Å². The summed E-state index contributed by atoms with van der Waals surface area (Å²) < 4.78 is 0.876. The number of hydrogen-bond acceptors (Lipinski definition) is 5. The Bertz CT molecular complexity index is 566. The third-order valence-electron chi connectivity index (χ3n) is 2.65. The average molecular weight is 307 g/mol. The second kappa shape index (κ2) is 7.40. The third-order valence-corrected chi connectivity index (χ3v) is 4.50. The molecule has 2 rings (SSSR count). The number of aromatic nitrogens is 2. The van der Waals surface area contributed by atoms with Gasteiger partial charge in [-0.2, -0.15) is 0 Å². The molecular weight excluding hydrogens is 290 g/mol. The summed E-state index contributed by atoms with van der Waals surface area (Å²) in [5, 5.41) is 11.3. The number of aryl methyl sites for hydroxylation is 1. The van der Waals surface area contributed by atoms with Crippen LogP contribution in [0.4, 0.5) is 5.13 Å². The van der Waals surface area contributed by atoms with Gasteiger partial charge in [0.1, 0.15) is 0 Å². The van der Waals surface area contributed by atoms with Crippen LogP contribution in [0.3, 0.4) is 0 Å². The highest BCUT2D eigenvalue weighted by Gasteiger charge is 2.10. The van der Waals surface area contributed by atoms with Crippen molar-refractivity contribution in [3.63, 3.8) is 0 Å². The Hall–Kier alpha value is -1.40. The van der Waals surface area contributed by atoms with Crippen LogP contribution >= 0.6 is 23.1 Å². The fourth-order valence-electron chi connectivity index (χ4n) is 1.72. The second-order valence-electron chi connectivity index (χ2n) is 4.21. The van der Waals surface area contributed by atoms with E-state index < -0.39 is 0 Å². The van der Waals surface area contributed by atoms with Crippen molar-refractivity contribution < 1.29 is 4.79 Å². The fraction of sp³-hybridized carbons (Fsp3) is 0.357. The van der Waals surface area contributed by atoms with Crippen molar-refractivity contribution in [2.45, 2.75) is 31.0 Å². The number of nitrogens with one attached hydrogen (secondary N) is 1. The van der Waals surface area contributed by atoms with Gasteiger partial charge in [-0.05, 0) is 29.9 Å². The third kappa shape index (κ3) is 4.05. The first-order valence-electron chi connectivity index (χ1n) is 6.59. The number of hydrogen-bond donors (Lipinski definition) is 1. The van der Waals surface area contributed by atoms with Crippen LogP contribution < -0.4 is 5.32 Å². The minimum atomic E-state index is -0.141. The maximum atomic E-state index is 12.1. The van der Waals surface area contributed by atoms with Crippen molar-refractivity contribution in [2.24, 2.45) is 0 Å². The number of carbonyl (C=O) groups is 1. The Kier molecular flexibility index (Phi) is 5.55. The molecule has 1 N–H and O–H groups in total. The number of thioether (sulfide) groups is 1. The van der Waals surface area contributed by atoms with E-state index in [0.717, 1.165) is 22.9 Å². The van der Waals surface area contributed by atoms with E-state index in [1.54, 1.807) is 11.8 Å². The number of rotatable bonds is 6. The highest BCUT2D eigenvalue weighted by atomic mass is 32.2. The van der Waals surface area contributed by atoms with Crippen LogP contribution in [0.2, 0.25) is 0 Å². The molecule has 0 saturated heterocycles. The van der Waals surface area contributed by atoms with E-state index in [2.05, 4.69) is 29.4 Å². The molecule has 1 heterocycles. The zero-order valence-corrected chi connectivity index (χ0v) is 13.2. The molecule has 0 aliphatic heterocycles. The summed E-state index contributed by atoms with van der Waals surface area (Å²) in [7, 11) is 0. The lowest BCUT2D eigenvalue weighted by Crippen LogP contribution is -2.11. The molecule has 4 nitrogen and oxygen atoms in total. The number of carbonyl (C=O) groups excluding carboxylic acids is 1. The lowest BCUT2D eigenvalue weighted by atomic mass is 10.1. The fourth-order valence-corrected chi connectivity index (χ4v) is 3.37. The van der Waals surface area contributed by atoms with E-state index in [-0.39, 0.29) is 5.91 Å². The van der Waals surface area contributed by atoms with Crippen LogP contribution in [0, 0.1) is 0 Å². The van der Waals surface area contributed by atoms with Gasteiger partial charge in [0, 0.05) is 5.56 Å². The molecule has 0 unspecified atom stereocenters. The minimum Gasteiger partial charge on any atom is -0.296 e. The zero-order chi connectivity index (χ0) is 14.4. The summed E-state index contributed by atoms with van der Waals surface area (Å²) in [6.45, 7) is 4.20. The first-order chi connectivity index (χ1) is 9.72. The van der Waals surface area contributed by atoms with Crippen molar-refractivity contribution in [3.8, 4) is 0 Å². The molecule has 0 spiro atoms. The largest absolute Gasteiger partial charge is 0.296 e. The van der Waals surface area contributed by atoms with Gasteiger partial charge in [-0.3, -0.25) is 10.1 Å². The van der Waals surface area contributed by atoms with E-state index in [9.17, 15) is 4.79 Å². The molecule has 20 heavy (non-hydrogen) atoms. The standard InChI is InChI=1S/C14H17N3OS2/c1-3-5-10-6-8-11(9-7-10)12(18)15-13-16-17-14(20-13)19-4-2/h6-9H,3-5H2,1-2H3,(H,15,16,18). The Morgan fingerprint density at radius 2 is 2.00 bits per heavy atom. The van der Waals surface area contributed by atoms with E-state index in [1.807, 2.05) is 24.3 Å². The van der Waals surface area contributed by atoms with Gasteiger partial charge in [-0.1, -0.05) is 55.5 Å². The number of anilines is 1. The van der Waals surface area contributed by atoms with E-state index in [0.29, 0.717) is 10.7 Å². The molecule has 1 aromatic heterocycles. The van der Waals surface area contributed by atoms with Crippen molar-refractivity contribution >= 4 is 34.1 Å². The molecule has 0 fully saturated rings. The maximum Gasteiger partial charge on any atom is 0.257 e. The van der Waals surface area contributed by atoms with E-state index >= 15 is 0 Å². The zero-order valence-electron chi connectivity index (χ0n) is 11.5. The first kappa shape index (κ1) is 15.0. The SMILES string of the molecule is CCCc1ccc(C(=O)Nc2nnc(SCC)s2)cc1. The van der Waals surface area contributed by atoms with Gasteiger partial charge < -0.3 is 0 Å². The Balaban J connectivity index is 1.99. The predicted octanol–water partition coefficient (Wildman–Crippen LogP) is 3.85. The molecule has 0 aliphatic rings. The molecule has 0 aliphatic carbocycles.